The van der Waals surface area contributed by atoms with Crippen molar-refractivity contribution in [3.8, 4) is 0 Å². The van der Waals surface area contributed by atoms with Crippen LogP contribution in [-0.2, 0) is 0 Å². The number of halogens is 3. The number of nitrogens with zero attached hydrogens (tertiary/aromatic N) is 2. The number of alkyl halides is 3. The smallest absolute Gasteiger partial charge is 0.393 e. The molecule has 0 aliphatic heterocycles. The maximum absolute atomic E-state index is 12.5. The summed E-state index contributed by atoms with van der Waals surface area (Å²) in [6, 6.07) is 2.71. The van der Waals surface area contributed by atoms with Crippen molar-refractivity contribution in [2.75, 3.05) is 12.3 Å². The van der Waals surface area contributed by atoms with Crippen molar-refractivity contribution in [1.29, 1.82) is 0 Å². The third-order valence-electron chi connectivity index (χ3n) is 2.74. The fourth-order valence-corrected chi connectivity index (χ4v) is 1.74. The van der Waals surface area contributed by atoms with E-state index in [1.807, 2.05) is 0 Å². The van der Waals surface area contributed by atoms with E-state index in [0.717, 1.165) is 12.1 Å². The summed E-state index contributed by atoms with van der Waals surface area (Å²) in [5, 5.41) is 10.7. The number of rotatable bonds is 4. The highest BCUT2D eigenvalue weighted by Gasteiger charge is 2.35. The highest BCUT2D eigenvalue weighted by atomic mass is 19.4. The first-order chi connectivity index (χ1) is 9.54. The van der Waals surface area contributed by atoms with Gasteiger partial charge in [0.2, 0.25) is 0 Å². The van der Waals surface area contributed by atoms with Crippen LogP contribution in [0, 0.1) is 10.1 Å². The van der Waals surface area contributed by atoms with Gasteiger partial charge in [0.25, 0.3) is 11.6 Å². The molecule has 0 heterocycles. The first-order valence-corrected chi connectivity index (χ1v) is 5.95. The monoisotopic (exact) mass is 305 g/mol. The van der Waals surface area contributed by atoms with Crippen LogP contribution in [0.15, 0.2) is 18.2 Å². The van der Waals surface area contributed by atoms with Crippen LogP contribution < -0.4 is 5.73 Å². The number of para-hydroxylation sites is 1. The lowest BCUT2D eigenvalue weighted by atomic mass is 10.1. The molecule has 0 unspecified atom stereocenters. The van der Waals surface area contributed by atoms with Crippen molar-refractivity contribution in [2.24, 2.45) is 0 Å². The number of benzene rings is 1. The van der Waals surface area contributed by atoms with Gasteiger partial charge in [-0.3, -0.25) is 14.9 Å². The van der Waals surface area contributed by atoms with Crippen LogP contribution >= 0.6 is 0 Å². The van der Waals surface area contributed by atoms with Gasteiger partial charge in [0, 0.05) is 12.1 Å². The first kappa shape index (κ1) is 16.7. The average molecular weight is 305 g/mol. The van der Waals surface area contributed by atoms with E-state index in [9.17, 15) is 28.1 Å². The summed E-state index contributed by atoms with van der Waals surface area (Å²) in [6.07, 6.45) is -4.57. The molecule has 0 spiro atoms. The Morgan fingerprint density at radius 2 is 2.00 bits per heavy atom. The second-order valence-electron chi connectivity index (χ2n) is 4.64. The molecule has 0 radical (unpaired) electrons. The Labute approximate surface area is 118 Å². The number of carbonyl (C=O) groups excluding carboxylic acids is 1. The molecule has 0 aliphatic carbocycles. The van der Waals surface area contributed by atoms with Gasteiger partial charge in [0.1, 0.15) is 12.2 Å². The lowest BCUT2D eigenvalue weighted by Gasteiger charge is -2.28. The van der Waals surface area contributed by atoms with Crippen molar-refractivity contribution in [2.45, 2.75) is 26.1 Å². The molecule has 0 bridgehead atoms. The molecule has 2 N–H and O–H groups in total. The molecule has 0 atom stereocenters. The number of amides is 1. The topological polar surface area (TPSA) is 89.5 Å². The van der Waals surface area contributed by atoms with Crippen LogP contribution in [0.25, 0.3) is 0 Å². The molecular formula is C12H14F3N3O3. The molecule has 116 valence electrons. The average Bonchev–Trinajstić information content (AvgIpc) is 2.33. The molecule has 0 aliphatic rings. The maximum atomic E-state index is 12.5. The summed E-state index contributed by atoms with van der Waals surface area (Å²) in [6.45, 7) is 1.37. The molecular weight excluding hydrogens is 291 g/mol. The Bertz CT molecular complexity index is 558. The zero-order valence-electron chi connectivity index (χ0n) is 11.3. The molecule has 1 aromatic carbocycles. The number of carbonyl (C=O) groups is 1. The number of nitro benzene ring substituents is 1. The molecule has 21 heavy (non-hydrogen) atoms. The predicted molar refractivity (Wildman–Crippen MR) is 69.7 cm³/mol. The van der Waals surface area contributed by atoms with E-state index in [-0.39, 0.29) is 5.56 Å². The summed E-state index contributed by atoms with van der Waals surface area (Å²) < 4.78 is 37.6. The maximum Gasteiger partial charge on any atom is 0.406 e. The molecule has 6 nitrogen and oxygen atoms in total. The Hall–Kier alpha value is -2.32. The molecule has 0 saturated carbocycles. The number of hydrogen-bond donors (Lipinski definition) is 1. The Morgan fingerprint density at radius 3 is 2.43 bits per heavy atom. The van der Waals surface area contributed by atoms with Crippen LogP contribution in [0.5, 0.6) is 0 Å². The quantitative estimate of drug-likeness (QED) is 0.526. The Balaban J connectivity index is 3.22. The summed E-state index contributed by atoms with van der Waals surface area (Å²) >= 11 is 0. The Morgan fingerprint density at radius 1 is 1.43 bits per heavy atom. The van der Waals surface area contributed by atoms with Gasteiger partial charge >= 0.3 is 6.18 Å². The van der Waals surface area contributed by atoms with Gasteiger partial charge < -0.3 is 10.6 Å². The van der Waals surface area contributed by atoms with Crippen molar-refractivity contribution in [3.05, 3.63) is 33.9 Å². The van der Waals surface area contributed by atoms with Crippen LogP contribution in [0.3, 0.4) is 0 Å². The lowest BCUT2D eigenvalue weighted by molar-refractivity contribution is -0.383. The molecule has 1 rings (SSSR count). The van der Waals surface area contributed by atoms with Crippen molar-refractivity contribution in [3.63, 3.8) is 0 Å². The first-order valence-electron chi connectivity index (χ1n) is 5.95. The van der Waals surface area contributed by atoms with E-state index in [1.54, 1.807) is 0 Å². The van der Waals surface area contributed by atoms with E-state index in [0.29, 0.717) is 4.90 Å². The van der Waals surface area contributed by atoms with Gasteiger partial charge in [0.15, 0.2) is 0 Å². The Kier molecular flexibility index (Phi) is 4.77. The van der Waals surface area contributed by atoms with E-state index < -0.39 is 41.0 Å². The fourth-order valence-electron chi connectivity index (χ4n) is 1.74. The third kappa shape index (κ3) is 4.07. The van der Waals surface area contributed by atoms with E-state index in [2.05, 4.69) is 0 Å². The van der Waals surface area contributed by atoms with E-state index in [1.165, 1.54) is 19.9 Å². The summed E-state index contributed by atoms with van der Waals surface area (Å²) in [4.78, 5) is 22.7. The summed E-state index contributed by atoms with van der Waals surface area (Å²) in [5.41, 5.74) is 4.24. The van der Waals surface area contributed by atoms with Crippen LogP contribution in [0.4, 0.5) is 24.5 Å². The van der Waals surface area contributed by atoms with Crippen LogP contribution in [-0.4, -0.2) is 34.5 Å². The molecule has 0 saturated heterocycles. The number of anilines is 1. The zero-order valence-corrected chi connectivity index (χ0v) is 11.3. The predicted octanol–water partition coefficient (Wildman–Crippen LogP) is 2.59. The molecule has 9 heteroatoms. The minimum atomic E-state index is -4.57. The number of nitrogen functional groups attached to an aromatic ring is 1. The van der Waals surface area contributed by atoms with Crippen molar-refractivity contribution < 1.29 is 22.9 Å². The minimum absolute atomic E-state index is 0.317. The molecule has 0 aromatic heterocycles. The van der Waals surface area contributed by atoms with Crippen LogP contribution in [0.2, 0.25) is 0 Å². The highest BCUT2D eigenvalue weighted by Crippen LogP contribution is 2.27. The second-order valence-corrected chi connectivity index (χ2v) is 4.64. The SMILES string of the molecule is CC(C)N(CC(F)(F)F)C(=O)c1cccc([N+](=O)[O-])c1N. The van der Waals surface area contributed by atoms with Gasteiger partial charge in [-0.2, -0.15) is 13.2 Å². The van der Waals surface area contributed by atoms with Crippen molar-refractivity contribution in [1.82, 2.24) is 4.90 Å². The second kappa shape index (κ2) is 5.98. The molecule has 0 fully saturated rings. The van der Waals surface area contributed by atoms with Gasteiger partial charge in [-0.1, -0.05) is 6.07 Å². The van der Waals surface area contributed by atoms with Gasteiger partial charge in [-0.05, 0) is 19.9 Å². The number of nitrogens with two attached hydrogens (primary N) is 1. The van der Waals surface area contributed by atoms with Gasteiger partial charge in [0.05, 0.1) is 10.5 Å². The summed E-state index contributed by atoms with van der Waals surface area (Å²) in [5.74, 6) is -0.997. The fraction of sp³-hybridized carbons (Fsp3) is 0.417. The largest absolute Gasteiger partial charge is 0.406 e. The minimum Gasteiger partial charge on any atom is -0.393 e. The standard InChI is InChI=1S/C12H14F3N3O3/c1-7(2)17(6-12(13,14)15)11(19)8-4-3-5-9(10(8)16)18(20)21/h3-5,7H,6,16H2,1-2H3. The molecule has 1 aromatic rings. The summed E-state index contributed by atoms with van der Waals surface area (Å²) in [7, 11) is 0. The van der Waals surface area contributed by atoms with E-state index >= 15 is 0 Å². The third-order valence-corrected chi connectivity index (χ3v) is 2.74. The van der Waals surface area contributed by atoms with Crippen molar-refractivity contribution >= 4 is 17.3 Å². The number of hydrogen-bond acceptors (Lipinski definition) is 4. The van der Waals surface area contributed by atoms with Crippen LogP contribution in [0.1, 0.15) is 24.2 Å². The van der Waals surface area contributed by atoms with E-state index in [4.69, 9.17) is 5.73 Å². The normalized spacial score (nSPS) is 11.5. The lowest BCUT2D eigenvalue weighted by Crippen LogP contribution is -2.43. The van der Waals surface area contributed by atoms with Gasteiger partial charge in [-0.15, -0.1) is 0 Å². The van der Waals surface area contributed by atoms with Gasteiger partial charge in [-0.25, -0.2) is 0 Å². The highest BCUT2D eigenvalue weighted by molar-refractivity contribution is 6.01. The molecule has 1 amide bonds. The number of nitro groups is 1. The zero-order chi connectivity index (χ0) is 16.4.